The molecule has 1 aliphatic heterocycles. The van der Waals surface area contributed by atoms with Crippen LogP contribution in [0, 0.1) is 5.92 Å². The van der Waals surface area contributed by atoms with Gasteiger partial charge in [-0.15, -0.1) is 0 Å². The molecule has 2 aliphatic rings. The van der Waals surface area contributed by atoms with Gasteiger partial charge in [0.25, 0.3) is 0 Å². The van der Waals surface area contributed by atoms with E-state index in [-0.39, 0.29) is 30.9 Å². The summed E-state index contributed by atoms with van der Waals surface area (Å²) in [6.45, 7) is 7.42. The highest BCUT2D eigenvalue weighted by Crippen LogP contribution is 2.30. The van der Waals surface area contributed by atoms with Crippen LogP contribution in [-0.4, -0.2) is 53.4 Å². The van der Waals surface area contributed by atoms with Crippen LogP contribution in [0.2, 0.25) is 0 Å². The van der Waals surface area contributed by atoms with Crippen molar-refractivity contribution in [1.82, 2.24) is 14.8 Å². The number of fused-ring (bicyclic) bond motifs is 1. The standard InChI is InChI=1S/C21H33N3O4/c1-4-27-19(28-5-2)14-24-18(25)13-23-12-8-11-17(23)20(24)21(26)22-16-10-7-6-9-15(16)3/h8,11-12,15-16,19-20H,4-7,9-10,13-14H2,1-3H3,(H,22,26)/t15-,16+,20-/m1/s1. The molecule has 2 amide bonds. The Balaban J connectivity index is 1.82. The highest BCUT2D eigenvalue weighted by molar-refractivity contribution is 5.90. The minimum absolute atomic E-state index is 0.0926. The molecular formula is C21H33N3O4. The summed E-state index contributed by atoms with van der Waals surface area (Å²) in [5.74, 6) is 0.250. The van der Waals surface area contributed by atoms with Gasteiger partial charge in [0.2, 0.25) is 11.8 Å². The number of nitrogens with one attached hydrogen (secondary N) is 1. The zero-order valence-corrected chi connectivity index (χ0v) is 17.2. The predicted molar refractivity (Wildman–Crippen MR) is 105 cm³/mol. The van der Waals surface area contributed by atoms with Crippen LogP contribution in [0.5, 0.6) is 0 Å². The molecule has 1 N–H and O–H groups in total. The number of hydrogen-bond donors (Lipinski definition) is 1. The Morgan fingerprint density at radius 2 is 1.96 bits per heavy atom. The number of carbonyl (C=O) groups excluding carboxylic acids is 2. The Bertz CT molecular complexity index is 668. The minimum atomic E-state index is -0.659. The zero-order valence-electron chi connectivity index (χ0n) is 17.2. The molecule has 28 heavy (non-hydrogen) atoms. The highest BCUT2D eigenvalue weighted by Gasteiger charge is 2.39. The number of hydrogen-bond acceptors (Lipinski definition) is 4. The maximum atomic E-state index is 13.3. The van der Waals surface area contributed by atoms with E-state index in [1.807, 2.05) is 36.7 Å². The Kier molecular flexibility index (Phi) is 7.13. The average molecular weight is 392 g/mol. The van der Waals surface area contributed by atoms with Gasteiger partial charge < -0.3 is 24.3 Å². The van der Waals surface area contributed by atoms with E-state index in [0.717, 1.165) is 25.0 Å². The normalized spacial score (nSPS) is 25.1. The fourth-order valence-corrected chi connectivity index (χ4v) is 4.32. The van der Waals surface area contributed by atoms with E-state index in [1.165, 1.54) is 6.42 Å². The molecule has 0 saturated heterocycles. The lowest BCUT2D eigenvalue weighted by atomic mass is 9.85. The largest absolute Gasteiger partial charge is 0.351 e. The van der Waals surface area contributed by atoms with Crippen LogP contribution >= 0.6 is 0 Å². The van der Waals surface area contributed by atoms with E-state index in [1.54, 1.807) is 4.90 Å². The molecule has 1 aliphatic carbocycles. The van der Waals surface area contributed by atoms with Crippen molar-refractivity contribution in [3.63, 3.8) is 0 Å². The molecule has 0 bridgehead atoms. The molecule has 1 aromatic heterocycles. The van der Waals surface area contributed by atoms with Crippen molar-refractivity contribution >= 4 is 11.8 Å². The van der Waals surface area contributed by atoms with Crippen molar-refractivity contribution in [2.45, 2.75) is 71.4 Å². The second-order valence-corrected chi connectivity index (χ2v) is 7.73. The number of nitrogens with zero attached hydrogens (tertiary/aromatic N) is 2. The van der Waals surface area contributed by atoms with E-state index in [0.29, 0.717) is 19.1 Å². The molecule has 1 aromatic rings. The van der Waals surface area contributed by atoms with Gasteiger partial charge in [0.1, 0.15) is 6.54 Å². The number of amides is 2. The van der Waals surface area contributed by atoms with Crippen molar-refractivity contribution in [1.29, 1.82) is 0 Å². The van der Waals surface area contributed by atoms with Crippen LogP contribution < -0.4 is 5.32 Å². The van der Waals surface area contributed by atoms with Crippen LogP contribution in [0.4, 0.5) is 0 Å². The molecule has 3 rings (SSSR count). The van der Waals surface area contributed by atoms with Crippen LogP contribution in [0.1, 0.15) is 58.2 Å². The highest BCUT2D eigenvalue weighted by atomic mass is 16.7. The number of aromatic nitrogens is 1. The van der Waals surface area contributed by atoms with Crippen molar-refractivity contribution < 1.29 is 19.1 Å². The first-order valence-corrected chi connectivity index (χ1v) is 10.5. The molecule has 0 spiro atoms. The monoisotopic (exact) mass is 391 g/mol. The Morgan fingerprint density at radius 3 is 2.64 bits per heavy atom. The maximum Gasteiger partial charge on any atom is 0.249 e. The lowest BCUT2D eigenvalue weighted by molar-refractivity contribution is -0.168. The Morgan fingerprint density at radius 1 is 1.25 bits per heavy atom. The lowest BCUT2D eigenvalue weighted by Crippen LogP contribution is -2.54. The number of ether oxygens (including phenoxy) is 2. The van der Waals surface area contributed by atoms with Crippen LogP contribution in [0.15, 0.2) is 18.3 Å². The van der Waals surface area contributed by atoms with Gasteiger partial charge in [-0.1, -0.05) is 19.8 Å². The van der Waals surface area contributed by atoms with E-state index < -0.39 is 12.3 Å². The molecular weight excluding hydrogens is 358 g/mol. The first-order valence-electron chi connectivity index (χ1n) is 10.5. The summed E-state index contributed by atoms with van der Waals surface area (Å²) in [4.78, 5) is 27.8. The van der Waals surface area contributed by atoms with Gasteiger partial charge in [0.15, 0.2) is 12.3 Å². The number of rotatable bonds is 8. The molecule has 0 aromatic carbocycles. The second-order valence-electron chi connectivity index (χ2n) is 7.73. The van der Waals surface area contributed by atoms with E-state index in [9.17, 15) is 9.59 Å². The molecule has 3 atom stereocenters. The van der Waals surface area contributed by atoms with Crippen molar-refractivity contribution in [3.05, 3.63) is 24.0 Å². The third-order valence-electron chi connectivity index (χ3n) is 5.82. The molecule has 156 valence electrons. The van der Waals surface area contributed by atoms with Crippen LogP contribution in [-0.2, 0) is 25.6 Å². The number of carbonyl (C=O) groups is 2. The molecule has 2 heterocycles. The molecule has 0 unspecified atom stereocenters. The van der Waals surface area contributed by atoms with Gasteiger partial charge >= 0.3 is 0 Å². The maximum absolute atomic E-state index is 13.3. The van der Waals surface area contributed by atoms with Gasteiger partial charge in [0.05, 0.1) is 12.2 Å². The predicted octanol–water partition coefficient (Wildman–Crippen LogP) is 2.47. The smallest absolute Gasteiger partial charge is 0.249 e. The molecule has 1 fully saturated rings. The summed E-state index contributed by atoms with van der Waals surface area (Å²) in [5, 5.41) is 3.23. The summed E-state index contributed by atoms with van der Waals surface area (Å²) in [7, 11) is 0. The van der Waals surface area contributed by atoms with E-state index >= 15 is 0 Å². The van der Waals surface area contributed by atoms with Crippen LogP contribution in [0.3, 0.4) is 0 Å². The summed E-state index contributed by atoms with van der Waals surface area (Å²) >= 11 is 0. The summed E-state index contributed by atoms with van der Waals surface area (Å²) in [6, 6.07) is 3.31. The van der Waals surface area contributed by atoms with Gasteiger partial charge in [-0.05, 0) is 44.7 Å². The first-order chi connectivity index (χ1) is 13.5. The third-order valence-corrected chi connectivity index (χ3v) is 5.82. The quantitative estimate of drug-likeness (QED) is 0.691. The molecule has 1 saturated carbocycles. The topological polar surface area (TPSA) is 72.8 Å². The van der Waals surface area contributed by atoms with Gasteiger partial charge in [0, 0.05) is 25.5 Å². The third kappa shape index (κ3) is 4.58. The van der Waals surface area contributed by atoms with E-state index in [4.69, 9.17) is 9.47 Å². The lowest BCUT2D eigenvalue weighted by Gasteiger charge is -2.39. The average Bonchev–Trinajstić information content (AvgIpc) is 3.12. The summed E-state index contributed by atoms with van der Waals surface area (Å²) < 4.78 is 13.2. The SMILES string of the molecule is CCOC(CN1C(=O)Cn2cccc2[C@@H]1C(=O)N[C@H]1CCCC[C@H]1C)OCC. The van der Waals surface area contributed by atoms with Crippen molar-refractivity contribution in [3.8, 4) is 0 Å². The zero-order chi connectivity index (χ0) is 20.1. The molecule has 7 heteroatoms. The second kappa shape index (κ2) is 9.56. The fourth-order valence-electron chi connectivity index (χ4n) is 4.32. The van der Waals surface area contributed by atoms with Crippen molar-refractivity contribution in [2.24, 2.45) is 5.92 Å². The van der Waals surface area contributed by atoms with Gasteiger partial charge in [-0.2, -0.15) is 0 Å². The first kappa shape index (κ1) is 20.9. The Labute approximate surface area is 167 Å². The van der Waals surface area contributed by atoms with Crippen molar-refractivity contribution in [2.75, 3.05) is 19.8 Å². The Hall–Kier alpha value is -1.86. The summed E-state index contributed by atoms with van der Waals surface area (Å²) in [6.07, 6.45) is 5.80. The van der Waals surface area contributed by atoms with Crippen LogP contribution in [0.25, 0.3) is 0 Å². The molecule has 7 nitrogen and oxygen atoms in total. The molecule has 0 radical (unpaired) electrons. The van der Waals surface area contributed by atoms with Gasteiger partial charge in [-0.25, -0.2) is 0 Å². The fraction of sp³-hybridized carbons (Fsp3) is 0.714. The minimum Gasteiger partial charge on any atom is -0.351 e. The summed E-state index contributed by atoms with van der Waals surface area (Å²) in [5.41, 5.74) is 0.840. The van der Waals surface area contributed by atoms with E-state index in [2.05, 4.69) is 12.2 Å². The van der Waals surface area contributed by atoms with Gasteiger partial charge in [-0.3, -0.25) is 9.59 Å².